The number of hydrogen-bond acceptors (Lipinski definition) is 5. The highest BCUT2D eigenvalue weighted by Crippen LogP contribution is 2.17. The molecule has 0 aromatic carbocycles. The molecule has 1 aromatic rings. The summed E-state index contributed by atoms with van der Waals surface area (Å²) in [6.07, 6.45) is 3.40. The van der Waals surface area contributed by atoms with Crippen molar-refractivity contribution >= 4 is 17.3 Å². The molecule has 0 saturated carbocycles. The minimum Gasteiger partial charge on any atom is -0.387 e. The first kappa shape index (κ1) is 17.9. The van der Waals surface area contributed by atoms with Crippen LogP contribution in [0.2, 0.25) is 5.02 Å². The van der Waals surface area contributed by atoms with Crippen LogP contribution in [0.1, 0.15) is 26.7 Å². The van der Waals surface area contributed by atoms with Gasteiger partial charge >= 0.3 is 0 Å². The topological polar surface area (TPSA) is 70.4 Å². The quantitative estimate of drug-likeness (QED) is 0.759. The summed E-state index contributed by atoms with van der Waals surface area (Å²) in [5.74, 6) is 0. The summed E-state index contributed by atoms with van der Waals surface area (Å²) in [6.45, 7) is 5.12. The van der Waals surface area contributed by atoms with Crippen molar-refractivity contribution in [1.29, 1.82) is 0 Å². The molecule has 1 heterocycles. The molecule has 1 aromatic heterocycles. The average molecular weight is 317 g/mol. The van der Waals surface area contributed by atoms with Gasteiger partial charge in [-0.25, -0.2) is 4.68 Å². The molecule has 2 N–H and O–H groups in total. The molecule has 0 spiro atoms. The summed E-state index contributed by atoms with van der Waals surface area (Å²) in [5.41, 5.74) is -0.778. The molecule has 0 saturated heterocycles. The van der Waals surface area contributed by atoms with Crippen molar-refractivity contribution in [2.24, 2.45) is 0 Å². The minimum atomic E-state index is -0.927. The zero-order valence-corrected chi connectivity index (χ0v) is 13.9. The standard InChI is InChI=1S/C14H25ClN4O2/c1-5-6-7-19-13(20)12(15)11(8-17-19)16-9-14(2,21)10-18(3)4/h8,16,21H,5-7,9-10H2,1-4H3. The molecule has 6 nitrogen and oxygen atoms in total. The van der Waals surface area contributed by atoms with E-state index >= 15 is 0 Å². The van der Waals surface area contributed by atoms with Crippen molar-refractivity contribution in [3.63, 3.8) is 0 Å². The second kappa shape index (κ2) is 7.77. The molecule has 0 radical (unpaired) electrons. The largest absolute Gasteiger partial charge is 0.387 e. The molecule has 21 heavy (non-hydrogen) atoms. The Balaban J connectivity index is 2.77. The van der Waals surface area contributed by atoms with Crippen molar-refractivity contribution in [2.45, 2.75) is 38.8 Å². The lowest BCUT2D eigenvalue weighted by Crippen LogP contribution is -2.43. The van der Waals surface area contributed by atoms with E-state index in [1.807, 2.05) is 19.0 Å². The van der Waals surface area contributed by atoms with Gasteiger partial charge in [-0.2, -0.15) is 5.10 Å². The molecule has 0 amide bonds. The number of anilines is 1. The Hall–Kier alpha value is -1.11. The van der Waals surface area contributed by atoms with Crippen LogP contribution in [0.25, 0.3) is 0 Å². The maximum Gasteiger partial charge on any atom is 0.287 e. The van der Waals surface area contributed by atoms with Crippen LogP contribution >= 0.6 is 11.6 Å². The van der Waals surface area contributed by atoms with Crippen LogP contribution in [-0.2, 0) is 6.54 Å². The first-order valence-electron chi connectivity index (χ1n) is 7.13. The predicted octanol–water partition coefficient (Wildman–Crippen LogP) is 1.42. The van der Waals surface area contributed by atoms with Crippen LogP contribution in [0.3, 0.4) is 0 Å². The monoisotopic (exact) mass is 316 g/mol. The average Bonchev–Trinajstić information content (AvgIpc) is 2.38. The van der Waals surface area contributed by atoms with Gasteiger partial charge in [-0.3, -0.25) is 4.79 Å². The second-order valence-corrected chi connectivity index (χ2v) is 6.22. The van der Waals surface area contributed by atoms with Gasteiger partial charge in [0.1, 0.15) is 5.02 Å². The Kier molecular flexibility index (Phi) is 6.64. The number of aryl methyl sites for hydroxylation is 1. The van der Waals surface area contributed by atoms with Crippen LogP contribution in [0.5, 0.6) is 0 Å². The Morgan fingerprint density at radius 1 is 1.52 bits per heavy atom. The second-order valence-electron chi connectivity index (χ2n) is 5.84. The molecule has 0 aliphatic rings. The van der Waals surface area contributed by atoms with Gasteiger partial charge < -0.3 is 15.3 Å². The summed E-state index contributed by atoms with van der Waals surface area (Å²) in [4.78, 5) is 13.9. The van der Waals surface area contributed by atoms with Gasteiger partial charge in [0.2, 0.25) is 0 Å². The van der Waals surface area contributed by atoms with Crippen molar-refractivity contribution in [3.8, 4) is 0 Å². The lowest BCUT2D eigenvalue weighted by atomic mass is 10.1. The molecule has 1 atom stereocenters. The Morgan fingerprint density at radius 2 is 2.19 bits per heavy atom. The Bertz CT molecular complexity index is 514. The number of nitrogens with zero attached hydrogens (tertiary/aromatic N) is 3. The van der Waals surface area contributed by atoms with E-state index in [4.69, 9.17) is 11.6 Å². The zero-order valence-electron chi connectivity index (χ0n) is 13.2. The molecule has 0 fully saturated rings. The fourth-order valence-corrected chi connectivity index (χ4v) is 2.29. The minimum absolute atomic E-state index is 0.113. The van der Waals surface area contributed by atoms with Crippen LogP contribution < -0.4 is 10.9 Å². The first-order chi connectivity index (χ1) is 9.76. The van der Waals surface area contributed by atoms with Crippen molar-refractivity contribution in [3.05, 3.63) is 21.6 Å². The van der Waals surface area contributed by atoms with Crippen molar-refractivity contribution in [2.75, 3.05) is 32.5 Å². The number of unbranched alkanes of at least 4 members (excludes halogenated alkanes) is 1. The highest BCUT2D eigenvalue weighted by Gasteiger charge is 2.22. The predicted molar refractivity (Wildman–Crippen MR) is 86.1 cm³/mol. The molecule has 120 valence electrons. The van der Waals surface area contributed by atoms with Crippen LogP contribution in [0.4, 0.5) is 5.69 Å². The normalized spacial score (nSPS) is 14.2. The summed E-state index contributed by atoms with van der Waals surface area (Å²) < 4.78 is 1.37. The van der Waals surface area contributed by atoms with E-state index in [-0.39, 0.29) is 17.1 Å². The van der Waals surface area contributed by atoms with E-state index in [1.54, 1.807) is 6.92 Å². The number of halogens is 1. The fourth-order valence-electron chi connectivity index (χ4n) is 2.08. The van der Waals surface area contributed by atoms with Gasteiger partial charge in [0.15, 0.2) is 0 Å². The number of hydrogen-bond donors (Lipinski definition) is 2. The number of nitrogens with one attached hydrogen (secondary N) is 1. The van der Waals surface area contributed by atoms with Gasteiger partial charge in [0.25, 0.3) is 5.56 Å². The van der Waals surface area contributed by atoms with E-state index in [1.165, 1.54) is 10.9 Å². The van der Waals surface area contributed by atoms with Crippen LogP contribution in [-0.4, -0.2) is 52.6 Å². The third kappa shape index (κ3) is 5.65. The lowest BCUT2D eigenvalue weighted by molar-refractivity contribution is 0.0460. The molecule has 0 aliphatic heterocycles. The first-order valence-corrected chi connectivity index (χ1v) is 7.51. The van der Waals surface area contributed by atoms with Gasteiger partial charge in [-0.15, -0.1) is 0 Å². The van der Waals surface area contributed by atoms with Crippen molar-refractivity contribution in [1.82, 2.24) is 14.7 Å². The molecule has 1 unspecified atom stereocenters. The summed E-state index contributed by atoms with van der Waals surface area (Å²) in [7, 11) is 3.77. The van der Waals surface area contributed by atoms with E-state index in [0.29, 0.717) is 18.8 Å². The zero-order chi connectivity index (χ0) is 16.0. The highest BCUT2D eigenvalue weighted by atomic mass is 35.5. The number of likely N-dealkylation sites (N-methyl/N-ethyl adjacent to an activating group) is 1. The van der Waals surface area contributed by atoms with E-state index < -0.39 is 5.60 Å². The highest BCUT2D eigenvalue weighted by molar-refractivity contribution is 6.32. The van der Waals surface area contributed by atoms with Gasteiger partial charge in [-0.1, -0.05) is 24.9 Å². The third-order valence-electron chi connectivity index (χ3n) is 3.02. The van der Waals surface area contributed by atoms with Gasteiger partial charge in [0.05, 0.1) is 17.5 Å². The van der Waals surface area contributed by atoms with E-state index in [0.717, 1.165) is 12.8 Å². The van der Waals surface area contributed by atoms with Gasteiger partial charge in [0, 0.05) is 19.6 Å². The van der Waals surface area contributed by atoms with Crippen LogP contribution in [0.15, 0.2) is 11.0 Å². The molecular weight excluding hydrogens is 292 g/mol. The van der Waals surface area contributed by atoms with Crippen molar-refractivity contribution < 1.29 is 5.11 Å². The molecule has 1 rings (SSSR count). The van der Waals surface area contributed by atoms with Crippen LogP contribution in [0, 0.1) is 0 Å². The molecule has 0 bridgehead atoms. The summed E-state index contributed by atoms with van der Waals surface area (Å²) >= 11 is 6.08. The summed E-state index contributed by atoms with van der Waals surface area (Å²) in [5, 5.41) is 17.4. The molecular formula is C14H25ClN4O2. The van der Waals surface area contributed by atoms with E-state index in [2.05, 4.69) is 17.3 Å². The Labute approximate surface area is 130 Å². The lowest BCUT2D eigenvalue weighted by Gasteiger charge is -2.27. The SMILES string of the molecule is CCCCn1ncc(NCC(C)(O)CN(C)C)c(Cl)c1=O. The summed E-state index contributed by atoms with van der Waals surface area (Å²) in [6, 6.07) is 0. The molecule has 0 aliphatic carbocycles. The molecule has 7 heteroatoms. The van der Waals surface area contributed by atoms with E-state index in [9.17, 15) is 9.90 Å². The maximum atomic E-state index is 12.1. The number of aliphatic hydroxyl groups is 1. The number of rotatable bonds is 8. The Morgan fingerprint density at radius 3 is 2.76 bits per heavy atom. The number of aromatic nitrogens is 2. The third-order valence-corrected chi connectivity index (χ3v) is 3.39. The smallest absolute Gasteiger partial charge is 0.287 e. The van der Waals surface area contributed by atoms with Gasteiger partial charge in [-0.05, 0) is 27.4 Å². The fraction of sp³-hybridized carbons (Fsp3) is 0.714. The maximum absolute atomic E-state index is 12.1.